The van der Waals surface area contributed by atoms with E-state index in [1.165, 1.54) is 12.5 Å². The molecule has 0 aliphatic carbocycles. The lowest BCUT2D eigenvalue weighted by Gasteiger charge is -2.18. The fourth-order valence-corrected chi connectivity index (χ4v) is 3.72. The predicted octanol–water partition coefficient (Wildman–Crippen LogP) is 4.33. The molecule has 1 heterocycles. The zero-order chi connectivity index (χ0) is 20.8. The first-order chi connectivity index (χ1) is 14.0. The second-order valence-electron chi connectivity index (χ2n) is 7.59. The Kier molecular flexibility index (Phi) is 6.91. The Bertz CT molecular complexity index is 878. The van der Waals surface area contributed by atoms with Gasteiger partial charge in [0.15, 0.2) is 0 Å². The van der Waals surface area contributed by atoms with Crippen molar-refractivity contribution in [2.75, 3.05) is 18.1 Å². The first kappa shape index (κ1) is 20.9. The molecule has 2 aromatic rings. The third kappa shape index (κ3) is 4.97. The summed E-state index contributed by atoms with van der Waals surface area (Å²) >= 11 is 0. The zero-order valence-electron chi connectivity index (χ0n) is 17.5. The molecule has 29 heavy (non-hydrogen) atoms. The van der Waals surface area contributed by atoms with Crippen LogP contribution in [0.5, 0.6) is 5.75 Å². The van der Waals surface area contributed by atoms with Gasteiger partial charge in [-0.05, 0) is 49.4 Å². The molecule has 0 bridgehead atoms. The van der Waals surface area contributed by atoms with Gasteiger partial charge in [-0.3, -0.25) is 9.59 Å². The second kappa shape index (κ2) is 9.59. The molecule has 0 fully saturated rings. The number of nitrogens with one attached hydrogen (secondary N) is 1. The molecule has 1 N–H and O–H groups in total. The number of fused-ring (bicyclic) bond motifs is 1. The van der Waals surface area contributed by atoms with Crippen molar-refractivity contribution in [2.45, 2.75) is 52.5 Å². The Hall–Kier alpha value is -2.82. The lowest BCUT2D eigenvalue weighted by Crippen LogP contribution is -2.37. The number of aryl methyl sites for hydroxylation is 2. The largest absolute Gasteiger partial charge is 0.493 e. The number of hydrogen-bond donors (Lipinski definition) is 1. The highest BCUT2D eigenvalue weighted by Gasteiger charge is 2.37. The van der Waals surface area contributed by atoms with Crippen LogP contribution < -0.4 is 15.0 Å². The van der Waals surface area contributed by atoms with Gasteiger partial charge in [-0.25, -0.2) is 0 Å². The Morgan fingerprint density at radius 1 is 1.17 bits per heavy atom. The maximum atomic E-state index is 13.0. The van der Waals surface area contributed by atoms with Gasteiger partial charge in [0.2, 0.25) is 5.91 Å². The van der Waals surface area contributed by atoms with Gasteiger partial charge >= 0.3 is 0 Å². The number of amides is 2. The third-order valence-electron chi connectivity index (χ3n) is 5.25. The van der Waals surface area contributed by atoms with Crippen LogP contribution in [-0.2, 0) is 16.0 Å². The van der Waals surface area contributed by atoms with Crippen molar-refractivity contribution in [3.05, 3.63) is 59.2 Å². The summed E-state index contributed by atoms with van der Waals surface area (Å²) in [5, 5.41) is 2.82. The Morgan fingerprint density at radius 2 is 1.97 bits per heavy atom. The lowest BCUT2D eigenvalue weighted by atomic mass is 10.0. The van der Waals surface area contributed by atoms with Crippen LogP contribution in [0.15, 0.2) is 42.5 Å². The maximum Gasteiger partial charge on any atom is 0.254 e. The van der Waals surface area contributed by atoms with E-state index < -0.39 is 6.04 Å². The van der Waals surface area contributed by atoms with Crippen LogP contribution in [0.1, 0.15) is 55.8 Å². The number of ether oxygens (including phenoxy) is 1. The van der Waals surface area contributed by atoms with Gasteiger partial charge in [-0.2, -0.15) is 0 Å². The number of rotatable bonds is 9. The minimum Gasteiger partial charge on any atom is -0.493 e. The maximum absolute atomic E-state index is 13.0. The summed E-state index contributed by atoms with van der Waals surface area (Å²) in [7, 11) is 0. The summed E-state index contributed by atoms with van der Waals surface area (Å²) < 4.78 is 5.87. The highest BCUT2D eigenvalue weighted by Crippen LogP contribution is 2.37. The van der Waals surface area contributed by atoms with E-state index in [1.54, 1.807) is 4.90 Å². The third-order valence-corrected chi connectivity index (χ3v) is 5.25. The molecule has 5 heteroatoms. The van der Waals surface area contributed by atoms with Gasteiger partial charge in [-0.1, -0.05) is 43.7 Å². The minimum atomic E-state index is -0.596. The highest BCUT2D eigenvalue weighted by molar-refractivity contribution is 6.06. The summed E-state index contributed by atoms with van der Waals surface area (Å²) in [5.41, 5.74) is 4.10. The summed E-state index contributed by atoms with van der Waals surface area (Å²) in [6.07, 6.45) is 3.93. The highest BCUT2D eigenvalue weighted by atomic mass is 16.5. The smallest absolute Gasteiger partial charge is 0.254 e. The van der Waals surface area contributed by atoms with Crippen LogP contribution in [0, 0.1) is 6.92 Å². The van der Waals surface area contributed by atoms with Crippen molar-refractivity contribution < 1.29 is 14.3 Å². The van der Waals surface area contributed by atoms with Crippen LogP contribution in [0.3, 0.4) is 0 Å². The average molecular weight is 395 g/mol. The SMILES string of the molecule is CCCCc1ccc2c(c1)C(NC(C)=O)C(=O)N2CCCOc1ccccc1C. The molecule has 1 aliphatic rings. The summed E-state index contributed by atoms with van der Waals surface area (Å²) in [5.74, 6) is 0.606. The quantitative estimate of drug-likeness (QED) is 0.644. The van der Waals surface area contributed by atoms with Gasteiger partial charge < -0.3 is 15.0 Å². The van der Waals surface area contributed by atoms with Crippen LogP contribution in [0.4, 0.5) is 5.69 Å². The molecule has 2 aromatic carbocycles. The van der Waals surface area contributed by atoms with Crippen molar-refractivity contribution in [3.8, 4) is 5.75 Å². The van der Waals surface area contributed by atoms with Crippen molar-refractivity contribution in [3.63, 3.8) is 0 Å². The van der Waals surface area contributed by atoms with Gasteiger partial charge in [-0.15, -0.1) is 0 Å². The predicted molar refractivity (Wildman–Crippen MR) is 115 cm³/mol. The average Bonchev–Trinajstić information content (AvgIpc) is 2.95. The molecule has 1 unspecified atom stereocenters. The van der Waals surface area contributed by atoms with E-state index >= 15 is 0 Å². The van der Waals surface area contributed by atoms with Gasteiger partial charge in [0.1, 0.15) is 11.8 Å². The van der Waals surface area contributed by atoms with Gasteiger partial charge in [0.25, 0.3) is 5.91 Å². The number of carbonyl (C=O) groups is 2. The molecule has 0 radical (unpaired) electrons. The van der Waals surface area contributed by atoms with Gasteiger partial charge in [0, 0.05) is 24.7 Å². The molecule has 154 valence electrons. The molecule has 0 saturated heterocycles. The second-order valence-corrected chi connectivity index (χ2v) is 7.59. The Balaban J connectivity index is 1.69. The van der Waals surface area contributed by atoms with E-state index in [9.17, 15) is 9.59 Å². The number of unbranched alkanes of at least 4 members (excludes halogenated alkanes) is 1. The number of benzene rings is 2. The lowest BCUT2D eigenvalue weighted by molar-refractivity contribution is -0.126. The normalized spacial score (nSPS) is 15.3. The molecule has 0 aromatic heterocycles. The van der Waals surface area contributed by atoms with Crippen LogP contribution in [0.25, 0.3) is 0 Å². The van der Waals surface area contributed by atoms with Crippen molar-refractivity contribution >= 4 is 17.5 Å². The molecular formula is C24H30N2O3. The molecule has 5 nitrogen and oxygen atoms in total. The van der Waals surface area contributed by atoms with Crippen LogP contribution >= 0.6 is 0 Å². The number of anilines is 1. The molecule has 1 aliphatic heterocycles. The Morgan fingerprint density at radius 3 is 2.69 bits per heavy atom. The molecule has 1 atom stereocenters. The molecule has 0 spiro atoms. The summed E-state index contributed by atoms with van der Waals surface area (Å²) in [6, 6.07) is 13.5. The van der Waals surface area contributed by atoms with E-state index in [-0.39, 0.29) is 11.8 Å². The standard InChI is InChI=1S/C24H30N2O3/c1-4-5-10-19-12-13-21-20(16-19)23(25-18(3)27)24(28)26(21)14-8-15-29-22-11-7-6-9-17(22)2/h6-7,9,11-13,16,23H,4-5,8,10,14-15H2,1-3H3,(H,25,27). The number of hydrogen-bond acceptors (Lipinski definition) is 3. The first-order valence-electron chi connectivity index (χ1n) is 10.4. The fourth-order valence-electron chi connectivity index (χ4n) is 3.72. The van der Waals surface area contributed by atoms with Gasteiger partial charge in [0.05, 0.1) is 6.61 Å². The topological polar surface area (TPSA) is 58.6 Å². The Labute approximate surface area is 173 Å². The summed E-state index contributed by atoms with van der Waals surface area (Å²) in [4.78, 5) is 26.5. The number of nitrogens with zero attached hydrogens (tertiary/aromatic N) is 1. The van der Waals surface area contributed by atoms with E-state index in [4.69, 9.17) is 4.74 Å². The van der Waals surface area contributed by atoms with Crippen molar-refractivity contribution in [1.29, 1.82) is 0 Å². The summed E-state index contributed by atoms with van der Waals surface area (Å²) in [6.45, 7) is 6.72. The van der Waals surface area contributed by atoms with E-state index in [2.05, 4.69) is 24.4 Å². The molecule has 2 amide bonds. The molecule has 0 saturated carbocycles. The number of para-hydroxylation sites is 1. The zero-order valence-corrected chi connectivity index (χ0v) is 17.5. The van der Waals surface area contributed by atoms with Crippen LogP contribution in [-0.4, -0.2) is 25.0 Å². The van der Waals surface area contributed by atoms with Crippen LogP contribution in [0.2, 0.25) is 0 Å². The van der Waals surface area contributed by atoms with Crippen molar-refractivity contribution in [2.24, 2.45) is 0 Å². The first-order valence-corrected chi connectivity index (χ1v) is 10.4. The molecular weight excluding hydrogens is 364 g/mol. The van der Waals surface area contributed by atoms with E-state index in [1.807, 2.05) is 37.3 Å². The van der Waals surface area contributed by atoms with E-state index in [0.29, 0.717) is 19.6 Å². The molecule has 3 rings (SSSR count). The monoisotopic (exact) mass is 394 g/mol. The number of carbonyl (C=O) groups excluding carboxylic acids is 2. The van der Waals surface area contributed by atoms with Crippen molar-refractivity contribution in [1.82, 2.24) is 5.32 Å². The minimum absolute atomic E-state index is 0.0706. The van der Waals surface area contributed by atoms with E-state index in [0.717, 1.165) is 41.8 Å². The fraction of sp³-hybridized carbons (Fsp3) is 0.417.